The zero-order chi connectivity index (χ0) is 12.1. The minimum atomic E-state index is -0.966. The van der Waals surface area contributed by atoms with Gasteiger partial charge in [0.1, 0.15) is 5.75 Å². The molecule has 16 heavy (non-hydrogen) atoms. The molecule has 0 aromatic heterocycles. The van der Waals surface area contributed by atoms with Crippen molar-refractivity contribution in [3.63, 3.8) is 0 Å². The van der Waals surface area contributed by atoms with E-state index in [0.29, 0.717) is 5.75 Å². The Balaban J connectivity index is 2.78. The van der Waals surface area contributed by atoms with Crippen LogP contribution in [0.4, 0.5) is 0 Å². The van der Waals surface area contributed by atoms with Gasteiger partial charge in [-0.15, -0.1) is 0 Å². The van der Waals surface area contributed by atoms with Gasteiger partial charge in [0, 0.05) is 6.04 Å². The highest BCUT2D eigenvalue weighted by molar-refractivity contribution is 5.72. The zero-order valence-corrected chi connectivity index (χ0v) is 9.73. The van der Waals surface area contributed by atoms with Gasteiger partial charge in [0.05, 0.1) is 0 Å². The van der Waals surface area contributed by atoms with Crippen molar-refractivity contribution in [1.82, 2.24) is 5.32 Å². The topological polar surface area (TPSA) is 58.6 Å². The second kappa shape index (κ2) is 5.51. The zero-order valence-electron chi connectivity index (χ0n) is 9.73. The van der Waals surface area contributed by atoms with E-state index in [9.17, 15) is 4.79 Å². The number of hydrogen-bond donors (Lipinski definition) is 2. The van der Waals surface area contributed by atoms with Crippen molar-refractivity contribution in [3.8, 4) is 5.75 Å². The maximum absolute atomic E-state index is 10.6. The molecule has 2 N–H and O–H groups in total. The molecule has 0 heterocycles. The van der Waals surface area contributed by atoms with Crippen LogP contribution in [-0.2, 0) is 4.79 Å². The van der Waals surface area contributed by atoms with Gasteiger partial charge in [-0.2, -0.15) is 0 Å². The molecule has 1 aromatic carbocycles. The minimum absolute atomic E-state index is 0.212. The molecular weight excluding hydrogens is 206 g/mol. The molecule has 88 valence electrons. The normalized spacial score (nSPS) is 14.2. The van der Waals surface area contributed by atoms with E-state index in [1.807, 2.05) is 32.2 Å². The maximum atomic E-state index is 10.6. The van der Waals surface area contributed by atoms with Crippen molar-refractivity contribution >= 4 is 5.97 Å². The number of carboxylic acids is 1. The predicted molar refractivity (Wildman–Crippen MR) is 61.6 cm³/mol. The van der Waals surface area contributed by atoms with Crippen molar-refractivity contribution in [2.45, 2.75) is 26.0 Å². The molecule has 0 radical (unpaired) electrons. The Morgan fingerprint density at radius 2 is 2.12 bits per heavy atom. The summed E-state index contributed by atoms with van der Waals surface area (Å²) in [5, 5.41) is 11.8. The van der Waals surface area contributed by atoms with Crippen LogP contribution in [0.2, 0.25) is 0 Å². The third-order valence-electron chi connectivity index (χ3n) is 2.45. The first-order valence-electron chi connectivity index (χ1n) is 5.21. The van der Waals surface area contributed by atoms with Gasteiger partial charge in [-0.25, -0.2) is 4.79 Å². The summed E-state index contributed by atoms with van der Waals surface area (Å²) in [5.74, 6) is -0.387. The summed E-state index contributed by atoms with van der Waals surface area (Å²) in [6, 6.07) is 7.64. The number of benzene rings is 1. The number of nitrogens with one attached hydrogen (secondary N) is 1. The highest BCUT2D eigenvalue weighted by Crippen LogP contribution is 2.19. The predicted octanol–water partition coefficient (Wildman–Crippen LogP) is 1.82. The lowest BCUT2D eigenvalue weighted by molar-refractivity contribution is -0.144. The minimum Gasteiger partial charge on any atom is -0.479 e. The Labute approximate surface area is 95.2 Å². The van der Waals surface area contributed by atoms with E-state index in [1.54, 1.807) is 6.07 Å². The Hall–Kier alpha value is -1.55. The number of rotatable bonds is 5. The molecule has 0 saturated heterocycles. The van der Waals surface area contributed by atoms with Crippen LogP contribution >= 0.6 is 0 Å². The molecule has 0 saturated carbocycles. The fourth-order valence-electron chi connectivity index (χ4n) is 1.28. The maximum Gasteiger partial charge on any atom is 0.344 e. The van der Waals surface area contributed by atoms with E-state index in [2.05, 4.69) is 5.32 Å². The number of carbonyl (C=O) groups is 1. The Morgan fingerprint density at radius 1 is 1.44 bits per heavy atom. The number of hydrogen-bond acceptors (Lipinski definition) is 3. The van der Waals surface area contributed by atoms with E-state index >= 15 is 0 Å². The molecule has 2 atom stereocenters. The molecule has 4 nitrogen and oxygen atoms in total. The fraction of sp³-hybridized carbons (Fsp3) is 0.417. The van der Waals surface area contributed by atoms with Gasteiger partial charge in [0.25, 0.3) is 0 Å². The van der Waals surface area contributed by atoms with Crippen LogP contribution in [0.1, 0.15) is 25.5 Å². The van der Waals surface area contributed by atoms with E-state index in [4.69, 9.17) is 9.84 Å². The smallest absolute Gasteiger partial charge is 0.344 e. The third-order valence-corrected chi connectivity index (χ3v) is 2.45. The molecule has 0 bridgehead atoms. The largest absolute Gasteiger partial charge is 0.479 e. The summed E-state index contributed by atoms with van der Waals surface area (Å²) in [5.41, 5.74) is 1.07. The average molecular weight is 223 g/mol. The summed E-state index contributed by atoms with van der Waals surface area (Å²) >= 11 is 0. The van der Waals surface area contributed by atoms with E-state index < -0.39 is 12.1 Å². The first kappa shape index (κ1) is 12.5. The summed E-state index contributed by atoms with van der Waals surface area (Å²) in [7, 11) is 1.87. The molecule has 0 spiro atoms. The Kier molecular flexibility index (Phi) is 4.31. The third kappa shape index (κ3) is 3.24. The van der Waals surface area contributed by atoms with Gasteiger partial charge in [-0.1, -0.05) is 12.1 Å². The van der Waals surface area contributed by atoms with Crippen LogP contribution in [0.15, 0.2) is 24.3 Å². The van der Waals surface area contributed by atoms with Crippen molar-refractivity contribution < 1.29 is 14.6 Å². The second-order valence-electron chi connectivity index (χ2n) is 3.68. The monoisotopic (exact) mass is 223 g/mol. The summed E-state index contributed by atoms with van der Waals surface area (Å²) in [6.45, 7) is 3.54. The molecule has 0 aliphatic carbocycles. The SMILES string of the molecule is CNC(C)c1cccc(OC(C)C(=O)O)c1. The quantitative estimate of drug-likeness (QED) is 0.799. The molecule has 2 unspecified atom stereocenters. The van der Waals surface area contributed by atoms with Gasteiger partial charge < -0.3 is 15.2 Å². The highest BCUT2D eigenvalue weighted by atomic mass is 16.5. The van der Waals surface area contributed by atoms with Crippen LogP contribution in [0.25, 0.3) is 0 Å². The van der Waals surface area contributed by atoms with Gasteiger partial charge >= 0.3 is 5.97 Å². The molecule has 4 heteroatoms. The highest BCUT2D eigenvalue weighted by Gasteiger charge is 2.12. The van der Waals surface area contributed by atoms with Crippen molar-refractivity contribution in [2.24, 2.45) is 0 Å². The van der Waals surface area contributed by atoms with Gasteiger partial charge in [-0.3, -0.25) is 0 Å². The molecular formula is C12H17NO3. The summed E-state index contributed by atoms with van der Waals surface area (Å²) in [4.78, 5) is 10.6. The summed E-state index contributed by atoms with van der Waals surface area (Å²) < 4.78 is 5.28. The lowest BCUT2D eigenvalue weighted by atomic mass is 10.1. The number of aliphatic carboxylic acids is 1. The van der Waals surface area contributed by atoms with Crippen LogP contribution in [0.5, 0.6) is 5.75 Å². The second-order valence-corrected chi connectivity index (χ2v) is 3.68. The van der Waals surface area contributed by atoms with Crippen LogP contribution < -0.4 is 10.1 Å². The van der Waals surface area contributed by atoms with Crippen LogP contribution in [0, 0.1) is 0 Å². The van der Waals surface area contributed by atoms with Crippen LogP contribution in [-0.4, -0.2) is 24.2 Å². The fourth-order valence-corrected chi connectivity index (χ4v) is 1.28. The Bertz CT molecular complexity index is 365. The molecule has 1 aromatic rings. The first-order valence-corrected chi connectivity index (χ1v) is 5.21. The van der Waals surface area contributed by atoms with Gasteiger partial charge in [0.2, 0.25) is 0 Å². The molecule has 0 amide bonds. The van der Waals surface area contributed by atoms with E-state index in [1.165, 1.54) is 6.92 Å². The standard InChI is InChI=1S/C12H17NO3/c1-8(13-3)10-5-4-6-11(7-10)16-9(2)12(14)15/h4-9,13H,1-3H3,(H,14,15). The molecule has 0 aliphatic heterocycles. The Morgan fingerprint density at radius 3 is 2.69 bits per heavy atom. The first-order chi connectivity index (χ1) is 7.54. The molecule has 0 aliphatic rings. The number of carboxylic acid groups (broad SMARTS) is 1. The van der Waals surface area contributed by atoms with Crippen molar-refractivity contribution in [2.75, 3.05) is 7.05 Å². The average Bonchev–Trinajstić information content (AvgIpc) is 2.28. The van der Waals surface area contributed by atoms with Crippen molar-refractivity contribution in [3.05, 3.63) is 29.8 Å². The van der Waals surface area contributed by atoms with Crippen LogP contribution in [0.3, 0.4) is 0 Å². The van der Waals surface area contributed by atoms with Crippen molar-refractivity contribution in [1.29, 1.82) is 0 Å². The molecule has 0 fully saturated rings. The van der Waals surface area contributed by atoms with E-state index in [0.717, 1.165) is 5.56 Å². The van der Waals surface area contributed by atoms with Gasteiger partial charge in [-0.05, 0) is 38.6 Å². The number of ether oxygens (including phenoxy) is 1. The van der Waals surface area contributed by atoms with Gasteiger partial charge in [0.15, 0.2) is 6.10 Å². The summed E-state index contributed by atoms with van der Waals surface area (Å²) in [6.07, 6.45) is -0.833. The molecule has 1 rings (SSSR count). The lowest BCUT2D eigenvalue weighted by Gasteiger charge is -2.14. The lowest BCUT2D eigenvalue weighted by Crippen LogP contribution is -2.23. The van der Waals surface area contributed by atoms with E-state index in [-0.39, 0.29) is 6.04 Å².